The number of ether oxygens (including phenoxy) is 1. The number of methoxy groups -OCH3 is 1. The van der Waals surface area contributed by atoms with Gasteiger partial charge in [-0.25, -0.2) is 4.98 Å². The predicted octanol–water partition coefficient (Wildman–Crippen LogP) is 0.932. The summed E-state index contributed by atoms with van der Waals surface area (Å²) >= 11 is 0. The maximum atomic E-state index is 12.2. The van der Waals surface area contributed by atoms with Crippen LogP contribution in [-0.2, 0) is 16.1 Å². The number of esters is 1. The maximum absolute atomic E-state index is 12.2. The van der Waals surface area contributed by atoms with E-state index >= 15 is 0 Å². The molecule has 0 aliphatic carbocycles. The summed E-state index contributed by atoms with van der Waals surface area (Å²) in [5, 5.41) is 0.487. The van der Waals surface area contributed by atoms with Gasteiger partial charge >= 0.3 is 5.97 Å². The molecule has 0 aliphatic heterocycles. The van der Waals surface area contributed by atoms with Crippen molar-refractivity contribution in [2.24, 2.45) is 0 Å². The predicted molar refractivity (Wildman–Crippen MR) is 71.7 cm³/mol. The SMILES string of the molecule is COC(=O)CCCn1cnc2ccc(N)cc2c1=O. The van der Waals surface area contributed by atoms with Crippen molar-refractivity contribution in [2.45, 2.75) is 19.4 Å². The summed E-state index contributed by atoms with van der Waals surface area (Å²) in [6.45, 7) is 0.422. The molecule has 0 saturated carbocycles. The molecule has 0 bridgehead atoms. The molecule has 0 aliphatic rings. The number of fused-ring (bicyclic) bond motifs is 1. The van der Waals surface area contributed by atoms with E-state index in [4.69, 9.17) is 5.73 Å². The number of hydrogen-bond acceptors (Lipinski definition) is 5. The number of aryl methyl sites for hydroxylation is 1. The molecule has 0 unspecified atom stereocenters. The van der Waals surface area contributed by atoms with Crippen molar-refractivity contribution in [3.63, 3.8) is 0 Å². The summed E-state index contributed by atoms with van der Waals surface area (Å²) in [6, 6.07) is 5.03. The molecule has 1 heterocycles. The van der Waals surface area contributed by atoms with Crippen LogP contribution >= 0.6 is 0 Å². The zero-order valence-electron chi connectivity index (χ0n) is 10.6. The molecule has 1 aromatic carbocycles. The molecule has 100 valence electrons. The van der Waals surface area contributed by atoms with Crippen molar-refractivity contribution in [3.05, 3.63) is 34.9 Å². The van der Waals surface area contributed by atoms with E-state index in [2.05, 4.69) is 9.72 Å². The van der Waals surface area contributed by atoms with Gasteiger partial charge in [0.05, 0.1) is 24.3 Å². The highest BCUT2D eigenvalue weighted by Gasteiger charge is 2.05. The molecule has 0 fully saturated rings. The first-order chi connectivity index (χ1) is 9.11. The van der Waals surface area contributed by atoms with Crippen LogP contribution in [0.4, 0.5) is 5.69 Å². The second-order valence-electron chi connectivity index (χ2n) is 4.20. The van der Waals surface area contributed by atoms with Gasteiger partial charge in [-0.1, -0.05) is 0 Å². The Bertz CT molecular complexity index is 664. The van der Waals surface area contributed by atoms with Gasteiger partial charge in [-0.2, -0.15) is 0 Å². The van der Waals surface area contributed by atoms with Crippen molar-refractivity contribution in [3.8, 4) is 0 Å². The number of hydrogen-bond donors (Lipinski definition) is 1. The molecule has 2 rings (SSSR count). The molecule has 6 heteroatoms. The van der Waals surface area contributed by atoms with Crippen molar-refractivity contribution >= 4 is 22.6 Å². The number of nitrogens with zero attached hydrogens (tertiary/aromatic N) is 2. The van der Waals surface area contributed by atoms with E-state index in [9.17, 15) is 9.59 Å². The molecule has 0 saturated heterocycles. The number of anilines is 1. The van der Waals surface area contributed by atoms with Crippen LogP contribution in [0.5, 0.6) is 0 Å². The summed E-state index contributed by atoms with van der Waals surface area (Å²) in [4.78, 5) is 27.4. The highest BCUT2D eigenvalue weighted by molar-refractivity contribution is 5.80. The molecular formula is C13H15N3O3. The van der Waals surface area contributed by atoms with E-state index in [1.165, 1.54) is 18.0 Å². The average Bonchev–Trinajstić information content (AvgIpc) is 2.41. The zero-order chi connectivity index (χ0) is 13.8. The first-order valence-electron chi connectivity index (χ1n) is 5.93. The summed E-state index contributed by atoms with van der Waals surface area (Å²) in [5.41, 5.74) is 6.65. The normalized spacial score (nSPS) is 10.6. The van der Waals surface area contributed by atoms with Gasteiger partial charge in [0.15, 0.2) is 0 Å². The summed E-state index contributed by atoms with van der Waals surface area (Å²) in [5.74, 6) is -0.286. The van der Waals surface area contributed by atoms with Crippen LogP contribution in [0.2, 0.25) is 0 Å². The fraction of sp³-hybridized carbons (Fsp3) is 0.308. The molecule has 0 radical (unpaired) electrons. The molecular weight excluding hydrogens is 246 g/mol. The lowest BCUT2D eigenvalue weighted by molar-refractivity contribution is -0.140. The van der Waals surface area contributed by atoms with Crippen LogP contribution < -0.4 is 11.3 Å². The lowest BCUT2D eigenvalue weighted by Gasteiger charge is -2.06. The van der Waals surface area contributed by atoms with E-state index in [0.717, 1.165) is 0 Å². The number of carbonyl (C=O) groups excluding carboxylic acids is 1. The van der Waals surface area contributed by atoms with Crippen LogP contribution in [0.1, 0.15) is 12.8 Å². The van der Waals surface area contributed by atoms with Crippen molar-refractivity contribution < 1.29 is 9.53 Å². The van der Waals surface area contributed by atoms with E-state index in [-0.39, 0.29) is 17.9 Å². The molecule has 19 heavy (non-hydrogen) atoms. The van der Waals surface area contributed by atoms with Gasteiger partial charge in [0.2, 0.25) is 0 Å². The average molecular weight is 261 g/mol. The molecule has 0 spiro atoms. The number of nitrogens with two attached hydrogens (primary N) is 1. The third kappa shape index (κ3) is 2.90. The Hall–Kier alpha value is -2.37. The Balaban J connectivity index is 2.22. The zero-order valence-corrected chi connectivity index (χ0v) is 10.6. The molecule has 2 N–H and O–H groups in total. The topological polar surface area (TPSA) is 87.2 Å². The fourth-order valence-corrected chi connectivity index (χ4v) is 1.83. The van der Waals surface area contributed by atoms with Crippen molar-refractivity contribution in [1.82, 2.24) is 9.55 Å². The number of carbonyl (C=O) groups is 1. The quantitative estimate of drug-likeness (QED) is 0.653. The third-order valence-electron chi connectivity index (χ3n) is 2.86. The highest BCUT2D eigenvalue weighted by Crippen LogP contribution is 2.11. The Morgan fingerprint density at radius 3 is 3.00 bits per heavy atom. The van der Waals surface area contributed by atoms with E-state index in [1.54, 1.807) is 18.2 Å². The highest BCUT2D eigenvalue weighted by atomic mass is 16.5. The lowest BCUT2D eigenvalue weighted by Crippen LogP contribution is -2.21. The molecule has 0 amide bonds. The van der Waals surface area contributed by atoms with Crippen LogP contribution in [0, 0.1) is 0 Å². The fourth-order valence-electron chi connectivity index (χ4n) is 1.83. The molecule has 2 aromatic rings. The molecule has 0 atom stereocenters. The largest absolute Gasteiger partial charge is 0.469 e. The van der Waals surface area contributed by atoms with Gasteiger partial charge < -0.3 is 10.5 Å². The third-order valence-corrected chi connectivity index (χ3v) is 2.86. The van der Waals surface area contributed by atoms with E-state index < -0.39 is 0 Å². The van der Waals surface area contributed by atoms with Gasteiger partial charge in [0, 0.05) is 18.7 Å². The smallest absolute Gasteiger partial charge is 0.305 e. The Morgan fingerprint density at radius 2 is 2.26 bits per heavy atom. The number of nitrogen functional groups attached to an aromatic ring is 1. The number of rotatable bonds is 4. The Labute approximate surface area is 109 Å². The monoisotopic (exact) mass is 261 g/mol. The van der Waals surface area contributed by atoms with Gasteiger partial charge in [-0.15, -0.1) is 0 Å². The van der Waals surface area contributed by atoms with Crippen LogP contribution in [0.25, 0.3) is 10.9 Å². The molecule has 1 aromatic heterocycles. The second-order valence-corrected chi connectivity index (χ2v) is 4.20. The number of benzene rings is 1. The first-order valence-corrected chi connectivity index (χ1v) is 5.93. The van der Waals surface area contributed by atoms with Crippen LogP contribution in [0.15, 0.2) is 29.3 Å². The van der Waals surface area contributed by atoms with Gasteiger partial charge in [0.1, 0.15) is 0 Å². The first kappa shape index (κ1) is 13.1. The standard InChI is InChI=1S/C13H15N3O3/c1-19-12(17)3-2-6-16-8-15-11-5-4-9(14)7-10(11)13(16)18/h4-5,7-8H,2-3,6,14H2,1H3. The summed E-state index contributed by atoms with van der Waals surface area (Å²) in [7, 11) is 1.34. The summed E-state index contributed by atoms with van der Waals surface area (Å²) in [6.07, 6.45) is 2.29. The lowest BCUT2D eigenvalue weighted by atomic mass is 10.2. The van der Waals surface area contributed by atoms with Crippen molar-refractivity contribution in [2.75, 3.05) is 12.8 Å². The van der Waals surface area contributed by atoms with Crippen LogP contribution in [0.3, 0.4) is 0 Å². The number of aromatic nitrogens is 2. The minimum Gasteiger partial charge on any atom is -0.469 e. The van der Waals surface area contributed by atoms with Crippen molar-refractivity contribution in [1.29, 1.82) is 0 Å². The van der Waals surface area contributed by atoms with Crippen LogP contribution in [-0.4, -0.2) is 22.6 Å². The Kier molecular flexibility index (Phi) is 3.79. The maximum Gasteiger partial charge on any atom is 0.305 e. The van der Waals surface area contributed by atoms with Gasteiger partial charge in [-0.3, -0.25) is 14.2 Å². The minimum absolute atomic E-state index is 0.151. The van der Waals surface area contributed by atoms with Gasteiger partial charge in [-0.05, 0) is 24.6 Å². The summed E-state index contributed by atoms with van der Waals surface area (Å²) < 4.78 is 6.02. The Morgan fingerprint density at radius 1 is 1.47 bits per heavy atom. The second kappa shape index (κ2) is 5.51. The molecule has 6 nitrogen and oxygen atoms in total. The van der Waals surface area contributed by atoms with E-state index in [1.807, 2.05) is 0 Å². The van der Waals surface area contributed by atoms with E-state index in [0.29, 0.717) is 29.6 Å². The van der Waals surface area contributed by atoms with Gasteiger partial charge in [0.25, 0.3) is 5.56 Å². The minimum atomic E-state index is -0.286.